The summed E-state index contributed by atoms with van der Waals surface area (Å²) in [5, 5.41) is 3.51. The molecule has 0 atom stereocenters. The summed E-state index contributed by atoms with van der Waals surface area (Å²) < 4.78 is 33.3. The van der Waals surface area contributed by atoms with Crippen molar-refractivity contribution in [3.05, 3.63) is 109 Å². The Hall–Kier alpha value is -4.55. The Balaban J connectivity index is 1.26. The van der Waals surface area contributed by atoms with Crippen molar-refractivity contribution in [1.82, 2.24) is 9.55 Å². The molecule has 0 saturated carbocycles. The highest BCUT2D eigenvalue weighted by Crippen LogP contribution is 2.41. The van der Waals surface area contributed by atoms with Crippen molar-refractivity contribution >= 4 is 52.1 Å². The van der Waals surface area contributed by atoms with Crippen molar-refractivity contribution in [2.24, 2.45) is 0 Å². The van der Waals surface area contributed by atoms with Gasteiger partial charge in [0.15, 0.2) is 0 Å². The van der Waals surface area contributed by atoms with Crippen molar-refractivity contribution in [3.8, 4) is 17.3 Å². The van der Waals surface area contributed by atoms with E-state index in [9.17, 15) is 0 Å². The maximum absolute atomic E-state index is 8.23. The van der Waals surface area contributed by atoms with Crippen LogP contribution in [0.2, 0.25) is 19.6 Å². The molecule has 0 spiro atoms. The summed E-state index contributed by atoms with van der Waals surface area (Å²) in [5.74, 6) is 2.22. The number of para-hydroxylation sites is 1. The summed E-state index contributed by atoms with van der Waals surface area (Å²) in [6.07, 6.45) is 1.80. The Morgan fingerprint density at radius 3 is 2.40 bits per heavy atom. The maximum atomic E-state index is 8.23. The largest absolute Gasteiger partial charge is 0.457 e. The van der Waals surface area contributed by atoms with Crippen LogP contribution in [0.15, 0.2) is 109 Å². The third kappa shape index (κ3) is 4.12. The lowest BCUT2D eigenvalue weighted by Gasteiger charge is -2.21. The van der Waals surface area contributed by atoms with Crippen LogP contribution in [0.1, 0.15) is 4.11 Å². The van der Waals surface area contributed by atoms with Gasteiger partial charge in [0.1, 0.15) is 17.3 Å². The van der Waals surface area contributed by atoms with Gasteiger partial charge in [0.05, 0.1) is 37.2 Å². The van der Waals surface area contributed by atoms with E-state index in [1.807, 2.05) is 59.5 Å². The van der Waals surface area contributed by atoms with Gasteiger partial charge in [0.25, 0.3) is 0 Å². The second-order valence-corrected chi connectivity index (χ2v) is 16.3. The second-order valence-electron chi connectivity index (χ2n) is 11.3. The first-order chi connectivity index (χ1) is 20.6. The lowest BCUT2D eigenvalue weighted by atomic mass is 10.1. The van der Waals surface area contributed by atoms with Crippen LogP contribution in [-0.2, 0) is 0 Å². The molecule has 1 aliphatic rings. The number of hydrogen-bond donors (Lipinski definition) is 0. The third-order valence-electron chi connectivity index (χ3n) is 7.59. The van der Waals surface area contributed by atoms with Crippen molar-refractivity contribution in [2.45, 2.75) is 19.6 Å². The van der Waals surface area contributed by atoms with Crippen LogP contribution >= 0.6 is 0 Å². The molecular formula is C34H32N4OSi. The zero-order valence-corrected chi connectivity index (χ0v) is 23.8. The van der Waals surface area contributed by atoms with Crippen molar-refractivity contribution in [2.75, 3.05) is 23.4 Å². The minimum absolute atomic E-state index is 0.237. The number of anilines is 3. The molecule has 0 aliphatic carbocycles. The van der Waals surface area contributed by atoms with Gasteiger partial charge >= 0.3 is 0 Å². The minimum Gasteiger partial charge on any atom is -0.457 e. The Labute approximate surface area is 240 Å². The van der Waals surface area contributed by atoms with Crippen LogP contribution in [0.5, 0.6) is 11.5 Å². The highest BCUT2D eigenvalue weighted by molar-refractivity contribution is 6.88. The molecule has 2 aromatic heterocycles. The molecule has 7 rings (SSSR count). The van der Waals surface area contributed by atoms with Crippen LogP contribution in [0.4, 0.5) is 17.1 Å². The lowest BCUT2D eigenvalue weighted by Crippen LogP contribution is -2.37. The van der Waals surface area contributed by atoms with Gasteiger partial charge < -0.3 is 14.5 Å². The molecule has 40 heavy (non-hydrogen) atoms. The summed E-state index contributed by atoms with van der Waals surface area (Å²) in [4.78, 5) is 8.19. The van der Waals surface area contributed by atoms with E-state index in [0.717, 1.165) is 44.7 Å². The van der Waals surface area contributed by atoms with Crippen LogP contribution in [0.25, 0.3) is 27.6 Å². The maximum Gasteiger partial charge on any atom is 0.137 e. The number of hydrogen-bond acceptors (Lipinski definition) is 4. The molecule has 4 aromatic carbocycles. The zero-order chi connectivity index (χ0) is 29.9. The van der Waals surface area contributed by atoms with Gasteiger partial charge in [-0.15, -0.1) is 0 Å². The molecule has 3 heterocycles. The van der Waals surface area contributed by atoms with E-state index < -0.39 is 15.0 Å². The summed E-state index contributed by atoms with van der Waals surface area (Å²) >= 11 is 0. The SMILES string of the molecule is [2H]C([2H])([2H])N1CN(c2cccc(Oc3ccc4c5ccccc5n(-c5ccccn5)c4c3)c2)c2ccc([Si](C)(C)C)cc21. The van der Waals surface area contributed by atoms with Gasteiger partial charge in [-0.3, -0.25) is 4.57 Å². The van der Waals surface area contributed by atoms with Crippen molar-refractivity contribution < 1.29 is 8.85 Å². The van der Waals surface area contributed by atoms with Crippen molar-refractivity contribution in [3.63, 3.8) is 0 Å². The van der Waals surface area contributed by atoms with Gasteiger partial charge in [0.2, 0.25) is 0 Å². The first-order valence-electron chi connectivity index (χ1n) is 15.0. The van der Waals surface area contributed by atoms with Gasteiger partial charge in [-0.25, -0.2) is 4.98 Å². The van der Waals surface area contributed by atoms with Gasteiger partial charge in [-0.1, -0.05) is 61.2 Å². The van der Waals surface area contributed by atoms with E-state index >= 15 is 0 Å². The molecule has 198 valence electrons. The van der Waals surface area contributed by atoms with Gasteiger partial charge in [0, 0.05) is 45.9 Å². The monoisotopic (exact) mass is 543 g/mol. The molecule has 0 amide bonds. The summed E-state index contributed by atoms with van der Waals surface area (Å²) in [6.45, 7) is 4.80. The topological polar surface area (TPSA) is 33.5 Å². The first kappa shape index (κ1) is 21.3. The molecule has 5 nitrogen and oxygen atoms in total. The predicted octanol–water partition coefficient (Wildman–Crippen LogP) is 8.06. The van der Waals surface area contributed by atoms with E-state index in [2.05, 4.69) is 77.7 Å². The highest BCUT2D eigenvalue weighted by Gasteiger charge is 2.27. The summed E-state index contributed by atoms with van der Waals surface area (Å²) in [6, 6.07) is 34.5. The predicted molar refractivity (Wildman–Crippen MR) is 170 cm³/mol. The molecular weight excluding hydrogens is 508 g/mol. The van der Waals surface area contributed by atoms with E-state index in [4.69, 9.17) is 8.85 Å². The van der Waals surface area contributed by atoms with Gasteiger partial charge in [-0.05, 0) is 54.6 Å². The number of rotatable bonds is 5. The molecule has 0 N–H and O–H groups in total. The fraction of sp³-hybridized carbons (Fsp3) is 0.147. The molecule has 0 unspecified atom stereocenters. The number of aromatic nitrogens is 2. The van der Waals surface area contributed by atoms with E-state index in [1.54, 1.807) is 6.20 Å². The van der Waals surface area contributed by atoms with Crippen LogP contribution < -0.4 is 19.7 Å². The van der Waals surface area contributed by atoms with Gasteiger partial charge in [-0.2, -0.15) is 0 Å². The van der Waals surface area contributed by atoms with Crippen LogP contribution in [0, 0.1) is 0 Å². The number of nitrogens with zero attached hydrogens (tertiary/aromatic N) is 4. The number of fused-ring (bicyclic) bond motifs is 4. The Morgan fingerprint density at radius 1 is 0.750 bits per heavy atom. The summed E-state index contributed by atoms with van der Waals surface area (Å²) in [7, 11) is -1.63. The fourth-order valence-electron chi connectivity index (χ4n) is 5.55. The molecule has 6 aromatic rings. The lowest BCUT2D eigenvalue weighted by molar-refractivity contribution is 0.483. The van der Waals surface area contributed by atoms with E-state index in [1.165, 1.54) is 10.1 Å². The minimum atomic E-state index is -2.25. The third-order valence-corrected chi connectivity index (χ3v) is 9.64. The number of benzene rings is 4. The average Bonchev–Trinajstić information content (AvgIpc) is 3.53. The Kier molecular flexibility index (Phi) is 4.94. The molecule has 0 saturated heterocycles. The molecule has 1 aliphatic heterocycles. The summed E-state index contributed by atoms with van der Waals surface area (Å²) in [5.41, 5.74) is 4.60. The molecule has 0 radical (unpaired) electrons. The van der Waals surface area contributed by atoms with Crippen LogP contribution in [-0.4, -0.2) is 31.3 Å². The quantitative estimate of drug-likeness (QED) is 0.206. The molecule has 0 fully saturated rings. The Morgan fingerprint density at radius 2 is 1.57 bits per heavy atom. The van der Waals surface area contributed by atoms with Crippen molar-refractivity contribution in [1.29, 1.82) is 0 Å². The zero-order valence-electron chi connectivity index (χ0n) is 25.8. The second kappa shape index (κ2) is 9.28. The Bertz CT molecular complexity index is 1980. The average molecular weight is 544 g/mol. The molecule has 0 bridgehead atoms. The standard InChI is InChI=1S/C34H32N4OSi/c1-36-23-37(31-18-16-27(22-33(31)36)40(2,3)4)24-10-9-11-25(20-24)39-26-15-17-29-28-12-5-6-13-30(28)38(32(29)21-26)34-14-7-8-19-35-34/h5-22H,23H2,1-4H3/i1D3. The number of pyridine rings is 1. The first-order valence-corrected chi connectivity index (χ1v) is 17.0. The highest BCUT2D eigenvalue weighted by atomic mass is 28.3. The van der Waals surface area contributed by atoms with E-state index in [0.29, 0.717) is 11.5 Å². The normalized spacial score (nSPS) is 14.7. The fourth-order valence-corrected chi connectivity index (χ4v) is 6.70. The smallest absolute Gasteiger partial charge is 0.137 e. The van der Waals surface area contributed by atoms with E-state index in [-0.39, 0.29) is 6.67 Å². The van der Waals surface area contributed by atoms with Crippen LogP contribution in [0.3, 0.4) is 0 Å². The molecule has 6 heteroatoms. The number of ether oxygens (including phenoxy) is 1.